The summed E-state index contributed by atoms with van der Waals surface area (Å²) < 4.78 is 1.60. The molecule has 1 aromatic heterocycles. The van der Waals surface area contributed by atoms with Crippen LogP contribution in [0.25, 0.3) is 5.76 Å². The second kappa shape index (κ2) is 11.6. The molecule has 1 saturated heterocycles. The highest BCUT2D eigenvalue weighted by Gasteiger charge is 2.48. The van der Waals surface area contributed by atoms with Crippen LogP contribution in [-0.2, 0) is 15.3 Å². The fourth-order valence-corrected chi connectivity index (χ4v) is 7.05. The van der Waals surface area contributed by atoms with Crippen molar-refractivity contribution >= 4 is 91.5 Å². The fourth-order valence-electron chi connectivity index (χ4n) is 4.26. The van der Waals surface area contributed by atoms with E-state index in [0.29, 0.717) is 31.3 Å². The molecule has 5 rings (SSSR count). The Hall–Kier alpha value is -2.44. The highest BCUT2D eigenvalue weighted by Crippen LogP contribution is 2.44. The largest absolute Gasteiger partial charge is 0.507 e. The Labute approximate surface area is 257 Å². The fraction of sp³-hybridized carbons (Fsp3) is 0.143. The van der Waals surface area contributed by atoms with Gasteiger partial charge in [-0.15, -0.1) is 10.2 Å². The van der Waals surface area contributed by atoms with Crippen molar-refractivity contribution in [1.82, 2.24) is 10.2 Å². The molecule has 11 heteroatoms. The summed E-state index contributed by atoms with van der Waals surface area (Å²) in [7, 11) is 0. The van der Waals surface area contributed by atoms with E-state index in [9.17, 15) is 14.7 Å². The first-order chi connectivity index (χ1) is 18.6. The number of halogens is 3. The monoisotopic (exact) mass is 707 g/mol. The van der Waals surface area contributed by atoms with E-state index < -0.39 is 17.7 Å². The molecule has 0 saturated carbocycles. The molecule has 2 heterocycles. The Morgan fingerprint density at radius 3 is 2.51 bits per heavy atom. The lowest BCUT2D eigenvalue weighted by atomic mass is 9.93. The average molecular weight is 708 g/mol. The van der Waals surface area contributed by atoms with Gasteiger partial charge in [0.1, 0.15) is 5.76 Å². The predicted octanol–water partition coefficient (Wildman–Crippen LogP) is 7.98. The summed E-state index contributed by atoms with van der Waals surface area (Å²) in [5, 5.41) is 21.3. The minimum Gasteiger partial charge on any atom is -0.507 e. The van der Waals surface area contributed by atoms with Crippen LogP contribution in [0.15, 0.2) is 70.6 Å². The Kier molecular flexibility index (Phi) is 8.34. The number of aromatic nitrogens is 2. The van der Waals surface area contributed by atoms with Crippen LogP contribution in [0.2, 0.25) is 10.0 Å². The number of amides is 1. The number of Topliss-reactive ketones (excluding diaryl/α,β-unsaturated/α-hetero) is 1. The van der Waals surface area contributed by atoms with E-state index in [1.807, 2.05) is 62.4 Å². The van der Waals surface area contributed by atoms with Gasteiger partial charge in [0.25, 0.3) is 5.78 Å². The van der Waals surface area contributed by atoms with Gasteiger partial charge < -0.3 is 5.11 Å². The second-order valence-corrected chi connectivity index (χ2v) is 13.2. The Morgan fingerprint density at radius 2 is 1.79 bits per heavy atom. The van der Waals surface area contributed by atoms with Crippen molar-refractivity contribution in [3.63, 3.8) is 0 Å². The standard InChI is InChI=1S/C28H20Cl2IN3O3S2/c1-14-3-4-15(2)20(11-14)24(35)22-23(16-6-9-19(31)10-7-16)34(26(37)25(22)36)27-32-33-28(39-27)38-13-17-5-8-18(29)12-21(17)30/h3-12,23,35H,13H2,1-2H3/b24-22+. The molecule has 1 aliphatic heterocycles. The number of rotatable bonds is 6. The van der Waals surface area contributed by atoms with Crippen LogP contribution >= 0.6 is 68.9 Å². The second-order valence-electron chi connectivity index (χ2n) is 8.91. The number of anilines is 1. The number of carbonyl (C=O) groups excluding carboxylic acids is 2. The third-order valence-electron chi connectivity index (χ3n) is 6.25. The van der Waals surface area contributed by atoms with Gasteiger partial charge in [-0.25, -0.2) is 0 Å². The van der Waals surface area contributed by atoms with Crippen molar-refractivity contribution in [3.05, 3.63) is 108 Å². The maximum Gasteiger partial charge on any atom is 0.301 e. The summed E-state index contributed by atoms with van der Waals surface area (Å²) in [6.45, 7) is 3.76. The summed E-state index contributed by atoms with van der Waals surface area (Å²) in [5.74, 6) is -1.22. The maximum atomic E-state index is 13.5. The van der Waals surface area contributed by atoms with E-state index in [2.05, 4.69) is 32.8 Å². The van der Waals surface area contributed by atoms with Crippen molar-refractivity contribution in [1.29, 1.82) is 0 Å². The Morgan fingerprint density at radius 1 is 1.05 bits per heavy atom. The van der Waals surface area contributed by atoms with E-state index in [1.165, 1.54) is 28.0 Å². The number of hydrogen-bond acceptors (Lipinski definition) is 7. The normalized spacial score (nSPS) is 16.7. The topological polar surface area (TPSA) is 83.4 Å². The molecule has 0 bridgehead atoms. The predicted molar refractivity (Wildman–Crippen MR) is 166 cm³/mol. The van der Waals surface area contributed by atoms with Crippen LogP contribution in [0.5, 0.6) is 0 Å². The Balaban J connectivity index is 1.55. The number of thioether (sulfide) groups is 1. The highest BCUT2D eigenvalue weighted by atomic mass is 127. The van der Waals surface area contributed by atoms with E-state index in [0.717, 1.165) is 20.3 Å². The lowest BCUT2D eigenvalue weighted by Crippen LogP contribution is -2.29. The Bertz CT molecular complexity index is 1640. The third kappa shape index (κ3) is 5.74. The van der Waals surface area contributed by atoms with Gasteiger partial charge in [0.05, 0.1) is 11.6 Å². The number of aryl methyl sites for hydroxylation is 2. The van der Waals surface area contributed by atoms with Gasteiger partial charge in [0, 0.05) is 24.9 Å². The summed E-state index contributed by atoms with van der Waals surface area (Å²) in [6.07, 6.45) is 0. The molecule has 198 valence electrons. The molecule has 1 atom stereocenters. The first kappa shape index (κ1) is 28.1. The molecule has 1 fully saturated rings. The third-order valence-corrected chi connectivity index (χ3v) is 9.66. The van der Waals surface area contributed by atoms with Gasteiger partial charge in [-0.1, -0.05) is 82.2 Å². The van der Waals surface area contributed by atoms with Crippen molar-refractivity contribution < 1.29 is 14.7 Å². The zero-order valence-electron chi connectivity index (χ0n) is 20.6. The molecule has 1 amide bonds. The molecule has 3 aromatic carbocycles. The van der Waals surface area contributed by atoms with Gasteiger partial charge in [-0.05, 0) is 83.5 Å². The molecule has 4 aromatic rings. The molecule has 1 N–H and O–H groups in total. The quantitative estimate of drug-likeness (QED) is 0.0547. The summed E-state index contributed by atoms with van der Waals surface area (Å²) in [5.41, 5.74) is 3.81. The summed E-state index contributed by atoms with van der Waals surface area (Å²) >= 11 is 17.1. The molecule has 0 radical (unpaired) electrons. The van der Waals surface area contributed by atoms with Crippen LogP contribution in [-0.4, -0.2) is 27.0 Å². The average Bonchev–Trinajstić information content (AvgIpc) is 3.47. The van der Waals surface area contributed by atoms with Crippen LogP contribution in [0.4, 0.5) is 5.13 Å². The lowest BCUT2D eigenvalue weighted by molar-refractivity contribution is -0.132. The van der Waals surface area contributed by atoms with Crippen LogP contribution in [0.3, 0.4) is 0 Å². The molecular formula is C28H20Cl2IN3O3S2. The molecule has 0 aliphatic carbocycles. The van der Waals surface area contributed by atoms with Crippen LogP contribution in [0.1, 0.15) is 33.9 Å². The summed E-state index contributed by atoms with van der Waals surface area (Å²) in [4.78, 5) is 28.2. The molecular weight excluding hydrogens is 688 g/mol. The van der Waals surface area contributed by atoms with Crippen molar-refractivity contribution in [3.8, 4) is 0 Å². The number of nitrogens with zero attached hydrogens (tertiary/aromatic N) is 3. The smallest absolute Gasteiger partial charge is 0.301 e. The van der Waals surface area contributed by atoms with E-state index >= 15 is 0 Å². The van der Waals surface area contributed by atoms with Crippen LogP contribution in [0, 0.1) is 17.4 Å². The van der Waals surface area contributed by atoms with Gasteiger partial charge in [0.15, 0.2) is 4.34 Å². The lowest BCUT2D eigenvalue weighted by Gasteiger charge is -2.22. The summed E-state index contributed by atoms with van der Waals surface area (Å²) in [6, 6.07) is 17.5. The van der Waals surface area contributed by atoms with Gasteiger partial charge in [0.2, 0.25) is 5.13 Å². The molecule has 0 spiro atoms. The highest BCUT2D eigenvalue weighted by molar-refractivity contribution is 14.1. The first-order valence-electron chi connectivity index (χ1n) is 11.7. The van der Waals surface area contributed by atoms with Crippen molar-refractivity contribution in [2.24, 2.45) is 0 Å². The van der Waals surface area contributed by atoms with Gasteiger partial charge in [-0.2, -0.15) is 0 Å². The van der Waals surface area contributed by atoms with E-state index in [1.54, 1.807) is 12.1 Å². The molecule has 39 heavy (non-hydrogen) atoms. The number of hydrogen-bond donors (Lipinski definition) is 1. The maximum absolute atomic E-state index is 13.5. The molecule has 1 unspecified atom stereocenters. The molecule has 6 nitrogen and oxygen atoms in total. The zero-order valence-corrected chi connectivity index (χ0v) is 25.9. The van der Waals surface area contributed by atoms with Crippen LogP contribution < -0.4 is 4.90 Å². The number of aliphatic hydroxyl groups excluding tert-OH is 1. The minimum absolute atomic E-state index is 0.0206. The number of aliphatic hydroxyl groups is 1. The number of ketones is 1. The van der Waals surface area contributed by atoms with E-state index in [-0.39, 0.29) is 16.5 Å². The van der Waals surface area contributed by atoms with Gasteiger partial charge in [-0.3, -0.25) is 14.5 Å². The van der Waals surface area contributed by atoms with Gasteiger partial charge >= 0.3 is 5.91 Å². The SMILES string of the molecule is Cc1ccc(C)c(/C(O)=C2\C(=O)C(=O)N(c3nnc(SCc4ccc(Cl)cc4Cl)s3)C2c2ccc(I)cc2)c1. The minimum atomic E-state index is -0.863. The first-order valence-corrected chi connectivity index (χ1v) is 15.3. The van der Waals surface area contributed by atoms with Crippen molar-refractivity contribution in [2.45, 2.75) is 30.0 Å². The number of carbonyl (C=O) groups is 2. The van der Waals surface area contributed by atoms with E-state index in [4.69, 9.17) is 23.2 Å². The van der Waals surface area contributed by atoms with Crippen molar-refractivity contribution in [2.75, 3.05) is 4.90 Å². The number of benzene rings is 3. The molecule has 1 aliphatic rings. The zero-order chi connectivity index (χ0) is 27.8.